The fraction of sp³-hybridized carbons (Fsp3) is 0.667. The van der Waals surface area contributed by atoms with Crippen molar-refractivity contribution in [1.82, 2.24) is 10.2 Å². The van der Waals surface area contributed by atoms with E-state index in [9.17, 15) is 0 Å². The molecule has 1 saturated heterocycles. The normalized spacial score (nSPS) is 22.0. The third kappa shape index (κ3) is 5.10. The van der Waals surface area contributed by atoms with Crippen LogP contribution in [0.15, 0.2) is 30.3 Å². The van der Waals surface area contributed by atoms with Crippen LogP contribution < -0.4 is 5.32 Å². The van der Waals surface area contributed by atoms with Crippen LogP contribution >= 0.6 is 0 Å². The summed E-state index contributed by atoms with van der Waals surface area (Å²) in [6.45, 7) is 11.7. The predicted octanol–water partition coefficient (Wildman–Crippen LogP) is 2.91. The first-order valence-electron chi connectivity index (χ1n) is 8.33. The van der Waals surface area contributed by atoms with Gasteiger partial charge in [-0.3, -0.25) is 4.90 Å². The zero-order chi connectivity index (χ0) is 15.0. The van der Waals surface area contributed by atoms with Gasteiger partial charge in [0.25, 0.3) is 0 Å². The number of rotatable bonds is 9. The van der Waals surface area contributed by atoms with Gasteiger partial charge in [0.1, 0.15) is 0 Å². The van der Waals surface area contributed by atoms with Crippen LogP contribution in [0.25, 0.3) is 0 Å². The summed E-state index contributed by atoms with van der Waals surface area (Å²) in [4.78, 5) is 2.55. The molecule has 3 nitrogen and oxygen atoms in total. The largest absolute Gasteiger partial charge is 0.381 e. The van der Waals surface area contributed by atoms with Gasteiger partial charge >= 0.3 is 0 Å². The molecule has 1 aliphatic heterocycles. The first-order chi connectivity index (χ1) is 10.3. The van der Waals surface area contributed by atoms with E-state index in [1.807, 2.05) is 0 Å². The number of hydrogen-bond donors (Lipinski definition) is 1. The van der Waals surface area contributed by atoms with Crippen LogP contribution in [0.3, 0.4) is 0 Å². The Labute approximate surface area is 129 Å². The minimum Gasteiger partial charge on any atom is -0.381 e. The minimum atomic E-state index is 0.292. The van der Waals surface area contributed by atoms with Crippen molar-refractivity contribution < 1.29 is 4.74 Å². The standard InChI is InChI=1S/C18H30N2O/c1-3-11-19-14-18(10-12-21-16-18)15-20(4-2)13-17-8-6-5-7-9-17/h5-9,19H,3-4,10-16H2,1-2H3. The molecule has 0 aromatic heterocycles. The molecule has 1 aromatic carbocycles. The van der Waals surface area contributed by atoms with Crippen molar-refractivity contribution in [2.75, 3.05) is 39.4 Å². The number of hydrogen-bond acceptors (Lipinski definition) is 3. The summed E-state index contributed by atoms with van der Waals surface area (Å²) in [6, 6.07) is 10.8. The third-order valence-electron chi connectivity index (χ3n) is 4.37. The van der Waals surface area contributed by atoms with E-state index < -0.39 is 0 Å². The van der Waals surface area contributed by atoms with E-state index in [1.54, 1.807) is 0 Å². The fourth-order valence-electron chi connectivity index (χ4n) is 3.10. The summed E-state index contributed by atoms with van der Waals surface area (Å²) in [5.41, 5.74) is 1.69. The second-order valence-electron chi connectivity index (χ2n) is 6.27. The molecule has 0 bridgehead atoms. The van der Waals surface area contributed by atoms with Crippen molar-refractivity contribution in [2.24, 2.45) is 5.41 Å². The van der Waals surface area contributed by atoms with Crippen LogP contribution in [0.2, 0.25) is 0 Å². The van der Waals surface area contributed by atoms with Gasteiger partial charge in [0.05, 0.1) is 6.61 Å². The first-order valence-corrected chi connectivity index (χ1v) is 8.33. The molecule has 0 spiro atoms. The molecule has 1 unspecified atom stereocenters. The molecule has 1 atom stereocenters. The highest BCUT2D eigenvalue weighted by atomic mass is 16.5. The Bertz CT molecular complexity index is 387. The number of benzene rings is 1. The molecule has 2 rings (SSSR count). The van der Waals surface area contributed by atoms with Gasteiger partial charge in [-0.1, -0.05) is 44.2 Å². The highest BCUT2D eigenvalue weighted by Gasteiger charge is 2.36. The van der Waals surface area contributed by atoms with Gasteiger partial charge in [-0.2, -0.15) is 0 Å². The van der Waals surface area contributed by atoms with Gasteiger partial charge < -0.3 is 10.1 Å². The Balaban J connectivity index is 1.93. The van der Waals surface area contributed by atoms with E-state index in [0.717, 1.165) is 45.9 Å². The van der Waals surface area contributed by atoms with Crippen molar-refractivity contribution in [1.29, 1.82) is 0 Å². The monoisotopic (exact) mass is 290 g/mol. The summed E-state index contributed by atoms with van der Waals surface area (Å²) in [6.07, 6.45) is 2.37. The van der Waals surface area contributed by atoms with E-state index >= 15 is 0 Å². The number of nitrogens with one attached hydrogen (secondary N) is 1. The molecule has 0 amide bonds. The Morgan fingerprint density at radius 3 is 2.67 bits per heavy atom. The van der Waals surface area contributed by atoms with Gasteiger partial charge in [-0.15, -0.1) is 0 Å². The zero-order valence-corrected chi connectivity index (χ0v) is 13.6. The van der Waals surface area contributed by atoms with Crippen molar-refractivity contribution in [2.45, 2.75) is 33.2 Å². The van der Waals surface area contributed by atoms with Crippen molar-refractivity contribution >= 4 is 0 Å². The Morgan fingerprint density at radius 2 is 2.05 bits per heavy atom. The van der Waals surface area contributed by atoms with Crippen LogP contribution in [-0.2, 0) is 11.3 Å². The van der Waals surface area contributed by atoms with Crippen LogP contribution in [0.4, 0.5) is 0 Å². The van der Waals surface area contributed by atoms with Crippen LogP contribution in [-0.4, -0.2) is 44.3 Å². The van der Waals surface area contributed by atoms with E-state index in [4.69, 9.17) is 4.74 Å². The molecule has 0 saturated carbocycles. The van der Waals surface area contributed by atoms with Gasteiger partial charge in [-0.25, -0.2) is 0 Å². The maximum atomic E-state index is 5.72. The molecule has 21 heavy (non-hydrogen) atoms. The summed E-state index contributed by atoms with van der Waals surface area (Å²) in [7, 11) is 0. The molecule has 1 aromatic rings. The maximum absolute atomic E-state index is 5.72. The van der Waals surface area contributed by atoms with Crippen molar-refractivity contribution in [3.8, 4) is 0 Å². The van der Waals surface area contributed by atoms with E-state index in [0.29, 0.717) is 5.41 Å². The highest BCUT2D eigenvalue weighted by Crippen LogP contribution is 2.29. The van der Waals surface area contributed by atoms with E-state index in [2.05, 4.69) is 54.4 Å². The second-order valence-corrected chi connectivity index (χ2v) is 6.27. The molecule has 1 fully saturated rings. The summed E-state index contributed by atoms with van der Waals surface area (Å²) >= 11 is 0. The lowest BCUT2D eigenvalue weighted by Crippen LogP contribution is -2.44. The molecule has 0 radical (unpaired) electrons. The topological polar surface area (TPSA) is 24.5 Å². The molecule has 0 aliphatic carbocycles. The van der Waals surface area contributed by atoms with E-state index in [1.165, 1.54) is 18.4 Å². The number of ether oxygens (including phenoxy) is 1. The molecule has 118 valence electrons. The predicted molar refractivity (Wildman–Crippen MR) is 88.4 cm³/mol. The lowest BCUT2D eigenvalue weighted by molar-refractivity contribution is 0.107. The summed E-state index contributed by atoms with van der Waals surface area (Å²) in [5, 5.41) is 3.60. The molecule has 1 aliphatic rings. The lowest BCUT2D eigenvalue weighted by Gasteiger charge is -2.34. The average Bonchev–Trinajstić information content (AvgIpc) is 2.97. The minimum absolute atomic E-state index is 0.292. The summed E-state index contributed by atoms with van der Waals surface area (Å²) in [5.74, 6) is 0. The van der Waals surface area contributed by atoms with Crippen LogP contribution in [0.1, 0.15) is 32.3 Å². The Kier molecular flexibility index (Phi) is 6.68. The third-order valence-corrected chi connectivity index (χ3v) is 4.37. The lowest BCUT2D eigenvalue weighted by atomic mass is 9.86. The van der Waals surface area contributed by atoms with Crippen LogP contribution in [0.5, 0.6) is 0 Å². The van der Waals surface area contributed by atoms with Gasteiger partial charge in [0.2, 0.25) is 0 Å². The SMILES string of the molecule is CCCNCC1(CN(CC)Cc2ccccc2)CCOC1. The molecule has 3 heteroatoms. The average molecular weight is 290 g/mol. The summed E-state index contributed by atoms with van der Waals surface area (Å²) < 4.78 is 5.72. The number of nitrogens with zero attached hydrogens (tertiary/aromatic N) is 1. The van der Waals surface area contributed by atoms with Crippen LogP contribution in [0, 0.1) is 5.41 Å². The Morgan fingerprint density at radius 1 is 1.24 bits per heavy atom. The van der Waals surface area contributed by atoms with Gasteiger partial charge in [0.15, 0.2) is 0 Å². The van der Waals surface area contributed by atoms with Crippen molar-refractivity contribution in [3.05, 3.63) is 35.9 Å². The first kappa shape index (κ1) is 16.5. The Hall–Kier alpha value is -0.900. The fourth-order valence-corrected chi connectivity index (χ4v) is 3.10. The maximum Gasteiger partial charge on any atom is 0.0547 e. The quantitative estimate of drug-likeness (QED) is 0.708. The zero-order valence-electron chi connectivity index (χ0n) is 13.6. The highest BCUT2D eigenvalue weighted by molar-refractivity contribution is 5.14. The smallest absolute Gasteiger partial charge is 0.0547 e. The molecule has 1 heterocycles. The van der Waals surface area contributed by atoms with Gasteiger partial charge in [-0.05, 0) is 31.5 Å². The second kappa shape index (κ2) is 8.52. The van der Waals surface area contributed by atoms with Crippen molar-refractivity contribution in [3.63, 3.8) is 0 Å². The van der Waals surface area contributed by atoms with E-state index in [-0.39, 0.29) is 0 Å². The molecule has 1 N–H and O–H groups in total. The van der Waals surface area contributed by atoms with Gasteiger partial charge in [0, 0.05) is 31.7 Å². The molecular weight excluding hydrogens is 260 g/mol. The molecular formula is C18H30N2O.